The molecule has 1 N–H and O–H groups in total. The van der Waals surface area contributed by atoms with E-state index in [2.05, 4.69) is 31.2 Å². The maximum atomic E-state index is 5.74. The third-order valence-electron chi connectivity index (χ3n) is 3.18. The molecule has 0 bridgehead atoms. The Labute approximate surface area is 126 Å². The molecule has 0 radical (unpaired) electrons. The summed E-state index contributed by atoms with van der Waals surface area (Å²) in [5.74, 6) is 1.32. The van der Waals surface area contributed by atoms with Crippen molar-refractivity contribution in [1.29, 1.82) is 0 Å². The van der Waals surface area contributed by atoms with E-state index < -0.39 is 0 Å². The molecule has 4 nitrogen and oxygen atoms in total. The average molecular weight is 334 g/mol. The Morgan fingerprint density at radius 1 is 1.30 bits per heavy atom. The van der Waals surface area contributed by atoms with Crippen LogP contribution in [0.5, 0.6) is 11.6 Å². The molecule has 0 unspecified atom stereocenters. The fourth-order valence-electron chi connectivity index (χ4n) is 1.86. The van der Waals surface area contributed by atoms with E-state index in [-0.39, 0.29) is 0 Å². The van der Waals surface area contributed by atoms with Crippen LogP contribution >= 0.6 is 15.9 Å². The number of halogens is 1. The minimum atomic E-state index is 0.519. The van der Waals surface area contributed by atoms with Gasteiger partial charge >= 0.3 is 0 Å². The van der Waals surface area contributed by atoms with Gasteiger partial charge in [-0.25, -0.2) is 4.98 Å². The van der Waals surface area contributed by atoms with Gasteiger partial charge in [0.2, 0.25) is 5.88 Å². The lowest BCUT2D eigenvalue weighted by Gasteiger charge is -2.08. The SMILES string of the molecule is Cc1cc(Br)ccc1Oc1cnc(CNC2CC2)cn1. The van der Waals surface area contributed by atoms with E-state index in [1.807, 2.05) is 25.1 Å². The van der Waals surface area contributed by atoms with E-state index in [1.54, 1.807) is 12.4 Å². The predicted molar refractivity (Wildman–Crippen MR) is 80.8 cm³/mol. The molecular formula is C15H16BrN3O. The first-order valence-corrected chi connectivity index (χ1v) is 7.48. The van der Waals surface area contributed by atoms with E-state index in [0.717, 1.165) is 28.0 Å². The highest BCUT2D eigenvalue weighted by atomic mass is 79.9. The van der Waals surface area contributed by atoms with Crippen LogP contribution in [0.3, 0.4) is 0 Å². The lowest BCUT2D eigenvalue weighted by Crippen LogP contribution is -2.16. The van der Waals surface area contributed by atoms with Crippen molar-refractivity contribution in [2.45, 2.75) is 32.4 Å². The summed E-state index contributed by atoms with van der Waals surface area (Å²) in [5, 5.41) is 3.41. The van der Waals surface area contributed by atoms with Gasteiger partial charge in [0, 0.05) is 17.1 Å². The smallest absolute Gasteiger partial charge is 0.237 e. The topological polar surface area (TPSA) is 47.0 Å². The van der Waals surface area contributed by atoms with Gasteiger partial charge in [0.25, 0.3) is 0 Å². The maximum Gasteiger partial charge on any atom is 0.237 e. The van der Waals surface area contributed by atoms with Crippen LogP contribution in [-0.2, 0) is 6.54 Å². The monoisotopic (exact) mass is 333 g/mol. The molecule has 1 aliphatic rings. The molecule has 2 aromatic rings. The fourth-order valence-corrected chi connectivity index (χ4v) is 2.34. The van der Waals surface area contributed by atoms with Gasteiger partial charge in [0.15, 0.2) is 0 Å². The summed E-state index contributed by atoms with van der Waals surface area (Å²) in [7, 11) is 0. The molecule has 20 heavy (non-hydrogen) atoms. The first kappa shape index (κ1) is 13.5. The number of aromatic nitrogens is 2. The van der Waals surface area contributed by atoms with Gasteiger partial charge in [-0.1, -0.05) is 15.9 Å². The van der Waals surface area contributed by atoms with Crippen molar-refractivity contribution in [3.8, 4) is 11.6 Å². The van der Waals surface area contributed by atoms with Crippen molar-refractivity contribution in [1.82, 2.24) is 15.3 Å². The van der Waals surface area contributed by atoms with Crippen LogP contribution in [0.4, 0.5) is 0 Å². The van der Waals surface area contributed by atoms with Gasteiger partial charge in [-0.05, 0) is 43.5 Å². The molecule has 0 spiro atoms. The first-order valence-electron chi connectivity index (χ1n) is 6.69. The van der Waals surface area contributed by atoms with Gasteiger partial charge < -0.3 is 10.1 Å². The molecule has 104 valence electrons. The maximum absolute atomic E-state index is 5.74. The normalized spacial score (nSPS) is 14.3. The van der Waals surface area contributed by atoms with E-state index in [0.29, 0.717) is 11.9 Å². The Morgan fingerprint density at radius 2 is 2.15 bits per heavy atom. The fraction of sp³-hybridized carbons (Fsp3) is 0.333. The number of ether oxygens (including phenoxy) is 1. The number of nitrogens with one attached hydrogen (secondary N) is 1. The van der Waals surface area contributed by atoms with Crippen LogP contribution in [0.1, 0.15) is 24.1 Å². The van der Waals surface area contributed by atoms with Crippen LogP contribution in [0.2, 0.25) is 0 Å². The number of hydrogen-bond acceptors (Lipinski definition) is 4. The number of hydrogen-bond donors (Lipinski definition) is 1. The highest BCUT2D eigenvalue weighted by molar-refractivity contribution is 9.10. The van der Waals surface area contributed by atoms with E-state index >= 15 is 0 Å². The van der Waals surface area contributed by atoms with Gasteiger partial charge in [0.1, 0.15) is 5.75 Å². The van der Waals surface area contributed by atoms with Crippen LogP contribution in [0, 0.1) is 6.92 Å². The van der Waals surface area contributed by atoms with Gasteiger partial charge in [-0.2, -0.15) is 0 Å². The quantitative estimate of drug-likeness (QED) is 0.908. The summed E-state index contributed by atoms with van der Waals surface area (Å²) < 4.78 is 6.78. The van der Waals surface area contributed by atoms with Crippen molar-refractivity contribution in [3.63, 3.8) is 0 Å². The van der Waals surface area contributed by atoms with Gasteiger partial charge in [-0.3, -0.25) is 4.98 Å². The summed E-state index contributed by atoms with van der Waals surface area (Å²) >= 11 is 3.43. The predicted octanol–water partition coefficient (Wildman–Crippen LogP) is 3.59. The Morgan fingerprint density at radius 3 is 2.80 bits per heavy atom. The summed E-state index contributed by atoms with van der Waals surface area (Å²) in [6.07, 6.45) is 5.99. The highest BCUT2D eigenvalue weighted by Gasteiger charge is 2.20. The lowest BCUT2D eigenvalue weighted by atomic mass is 10.2. The number of rotatable bonds is 5. The number of nitrogens with zero attached hydrogens (tertiary/aromatic N) is 2. The summed E-state index contributed by atoms with van der Waals surface area (Å²) in [6.45, 7) is 2.77. The molecule has 1 aromatic heterocycles. The van der Waals surface area contributed by atoms with Gasteiger partial charge in [-0.15, -0.1) is 0 Å². The summed E-state index contributed by atoms with van der Waals surface area (Å²) in [6, 6.07) is 6.56. The molecule has 1 aliphatic carbocycles. The molecular weight excluding hydrogens is 318 g/mol. The zero-order valence-electron chi connectivity index (χ0n) is 11.3. The Kier molecular flexibility index (Phi) is 3.98. The van der Waals surface area contributed by atoms with Crippen molar-refractivity contribution in [2.75, 3.05) is 0 Å². The second kappa shape index (κ2) is 5.89. The molecule has 1 aromatic carbocycles. The second-order valence-electron chi connectivity index (χ2n) is 5.01. The van der Waals surface area contributed by atoms with E-state index in [9.17, 15) is 0 Å². The second-order valence-corrected chi connectivity index (χ2v) is 5.93. The molecule has 5 heteroatoms. The average Bonchev–Trinajstić information content (AvgIpc) is 3.25. The van der Waals surface area contributed by atoms with Crippen LogP contribution in [0.25, 0.3) is 0 Å². The third kappa shape index (κ3) is 3.55. The van der Waals surface area contributed by atoms with E-state index in [4.69, 9.17) is 4.74 Å². The largest absolute Gasteiger partial charge is 0.437 e. The van der Waals surface area contributed by atoms with Gasteiger partial charge in [0.05, 0.1) is 18.1 Å². The minimum Gasteiger partial charge on any atom is -0.437 e. The summed E-state index contributed by atoms with van der Waals surface area (Å²) in [4.78, 5) is 8.66. The zero-order valence-corrected chi connectivity index (χ0v) is 12.9. The molecule has 0 atom stereocenters. The Balaban J connectivity index is 1.64. The van der Waals surface area contributed by atoms with Crippen molar-refractivity contribution < 1.29 is 4.74 Å². The van der Waals surface area contributed by atoms with E-state index in [1.165, 1.54) is 12.8 Å². The Hall–Kier alpha value is -1.46. The van der Waals surface area contributed by atoms with Crippen molar-refractivity contribution in [3.05, 3.63) is 46.3 Å². The van der Waals surface area contributed by atoms with Crippen LogP contribution < -0.4 is 10.1 Å². The minimum absolute atomic E-state index is 0.519. The molecule has 1 heterocycles. The highest BCUT2D eigenvalue weighted by Crippen LogP contribution is 2.26. The molecule has 0 aliphatic heterocycles. The lowest BCUT2D eigenvalue weighted by molar-refractivity contribution is 0.455. The molecule has 0 saturated heterocycles. The van der Waals surface area contributed by atoms with Crippen LogP contribution in [-0.4, -0.2) is 16.0 Å². The number of benzene rings is 1. The molecule has 3 rings (SSSR count). The van der Waals surface area contributed by atoms with Crippen molar-refractivity contribution >= 4 is 15.9 Å². The first-order chi connectivity index (χ1) is 9.70. The number of aryl methyl sites for hydroxylation is 1. The van der Waals surface area contributed by atoms with Crippen LogP contribution in [0.15, 0.2) is 35.1 Å². The zero-order chi connectivity index (χ0) is 13.9. The summed E-state index contributed by atoms with van der Waals surface area (Å²) in [5.41, 5.74) is 2.00. The molecule has 1 fully saturated rings. The standard InChI is InChI=1S/C15H16BrN3O/c1-10-6-11(16)2-5-14(10)20-15-9-18-13(8-19-15)7-17-12-3-4-12/h2,5-6,8-9,12,17H,3-4,7H2,1H3. The Bertz CT molecular complexity index is 597. The molecule has 1 saturated carbocycles. The van der Waals surface area contributed by atoms with Crippen molar-refractivity contribution in [2.24, 2.45) is 0 Å². The molecule has 0 amide bonds. The third-order valence-corrected chi connectivity index (χ3v) is 3.68.